The van der Waals surface area contributed by atoms with Gasteiger partial charge >= 0.3 is 5.97 Å². The molecule has 0 spiro atoms. The molecule has 0 fully saturated rings. The van der Waals surface area contributed by atoms with E-state index in [0.717, 1.165) is 5.56 Å². The molecular formula is C13H19NO4S. The smallest absolute Gasteiger partial charge is 0.306 e. The zero-order valence-electron chi connectivity index (χ0n) is 11.3. The maximum absolute atomic E-state index is 11.5. The fourth-order valence-electron chi connectivity index (χ4n) is 1.58. The van der Waals surface area contributed by atoms with E-state index in [-0.39, 0.29) is 16.8 Å². The highest BCUT2D eigenvalue weighted by Crippen LogP contribution is 2.20. The number of carbonyl (C=O) groups is 1. The summed E-state index contributed by atoms with van der Waals surface area (Å²) in [5.74, 6) is -0.0255. The lowest BCUT2D eigenvalue weighted by molar-refractivity contribution is -0.149. The van der Waals surface area contributed by atoms with E-state index in [0.29, 0.717) is 6.42 Å². The molecule has 1 aromatic rings. The molecule has 1 unspecified atom stereocenters. The minimum Gasteiger partial charge on any atom is -0.458 e. The molecule has 6 heteroatoms. The number of ether oxygens (including phenoxy) is 1. The molecule has 106 valence electrons. The Morgan fingerprint density at radius 1 is 1.21 bits per heavy atom. The van der Waals surface area contributed by atoms with E-state index < -0.39 is 16.1 Å². The van der Waals surface area contributed by atoms with Gasteiger partial charge in [0, 0.05) is 6.42 Å². The van der Waals surface area contributed by atoms with Crippen LogP contribution in [-0.2, 0) is 19.6 Å². The molecule has 19 heavy (non-hydrogen) atoms. The van der Waals surface area contributed by atoms with Crippen molar-refractivity contribution in [2.45, 2.75) is 38.2 Å². The Bertz CT molecular complexity index is 534. The van der Waals surface area contributed by atoms with Crippen molar-refractivity contribution in [1.29, 1.82) is 0 Å². The summed E-state index contributed by atoms with van der Waals surface area (Å²) >= 11 is 0. The van der Waals surface area contributed by atoms with E-state index in [1.165, 1.54) is 12.1 Å². The summed E-state index contributed by atoms with van der Waals surface area (Å²) in [6, 6.07) is 5.98. The van der Waals surface area contributed by atoms with E-state index in [1.807, 2.05) is 13.8 Å². The molecule has 0 aliphatic carbocycles. The van der Waals surface area contributed by atoms with Gasteiger partial charge in [-0.3, -0.25) is 4.79 Å². The van der Waals surface area contributed by atoms with Crippen molar-refractivity contribution >= 4 is 16.0 Å². The highest BCUT2D eigenvalue weighted by molar-refractivity contribution is 7.89. The molecule has 0 saturated heterocycles. The van der Waals surface area contributed by atoms with E-state index in [2.05, 4.69) is 0 Å². The van der Waals surface area contributed by atoms with Crippen LogP contribution in [0.4, 0.5) is 0 Å². The van der Waals surface area contributed by atoms with Crippen LogP contribution < -0.4 is 5.14 Å². The zero-order chi connectivity index (χ0) is 14.6. The van der Waals surface area contributed by atoms with Crippen molar-refractivity contribution in [3.05, 3.63) is 29.8 Å². The number of primary sulfonamides is 1. The first-order valence-corrected chi connectivity index (χ1v) is 7.57. The SMILES string of the molecule is CC(C)CC(=O)OC(C)c1ccc(S(N)(=O)=O)cc1. The quantitative estimate of drug-likeness (QED) is 0.838. The fraction of sp³-hybridized carbons (Fsp3) is 0.462. The van der Waals surface area contributed by atoms with E-state index in [1.54, 1.807) is 19.1 Å². The van der Waals surface area contributed by atoms with E-state index in [9.17, 15) is 13.2 Å². The highest BCUT2D eigenvalue weighted by Gasteiger charge is 2.14. The van der Waals surface area contributed by atoms with Crippen LogP contribution in [-0.4, -0.2) is 14.4 Å². The lowest BCUT2D eigenvalue weighted by atomic mass is 10.1. The second-order valence-electron chi connectivity index (χ2n) is 4.84. The molecule has 0 amide bonds. The van der Waals surface area contributed by atoms with Gasteiger partial charge in [0.1, 0.15) is 6.10 Å². The Hall–Kier alpha value is -1.40. The molecule has 0 aliphatic heterocycles. The first-order chi connectivity index (χ1) is 8.70. The molecular weight excluding hydrogens is 266 g/mol. The van der Waals surface area contributed by atoms with Crippen molar-refractivity contribution in [2.75, 3.05) is 0 Å². The first-order valence-electron chi connectivity index (χ1n) is 6.02. The third-order valence-electron chi connectivity index (χ3n) is 2.56. The number of hydrogen-bond acceptors (Lipinski definition) is 4. The largest absolute Gasteiger partial charge is 0.458 e. The third kappa shape index (κ3) is 5.00. The molecule has 1 rings (SSSR count). The summed E-state index contributed by atoms with van der Waals surface area (Å²) in [4.78, 5) is 11.6. The number of carbonyl (C=O) groups excluding carboxylic acids is 1. The summed E-state index contributed by atoms with van der Waals surface area (Å²) in [5.41, 5.74) is 0.726. The minimum absolute atomic E-state index is 0.0388. The van der Waals surface area contributed by atoms with Crippen LogP contribution in [0.1, 0.15) is 38.9 Å². The second kappa shape index (κ2) is 6.16. The highest BCUT2D eigenvalue weighted by atomic mass is 32.2. The minimum atomic E-state index is -3.69. The van der Waals surface area contributed by atoms with Crippen LogP contribution in [0.3, 0.4) is 0 Å². The third-order valence-corrected chi connectivity index (χ3v) is 3.49. The predicted molar refractivity (Wildman–Crippen MR) is 71.8 cm³/mol. The maximum atomic E-state index is 11.5. The predicted octanol–water partition coefficient (Wildman–Crippen LogP) is 1.98. The Morgan fingerprint density at radius 2 is 1.74 bits per heavy atom. The molecule has 5 nitrogen and oxygen atoms in total. The summed E-state index contributed by atoms with van der Waals surface area (Å²) < 4.78 is 27.5. The van der Waals surface area contributed by atoms with Gasteiger partial charge in [0.05, 0.1) is 4.90 Å². The lowest BCUT2D eigenvalue weighted by Crippen LogP contribution is -2.13. The Kier molecular flexibility index (Phi) is 5.08. The van der Waals surface area contributed by atoms with Crippen molar-refractivity contribution in [3.63, 3.8) is 0 Å². The second-order valence-corrected chi connectivity index (χ2v) is 6.41. The summed E-state index contributed by atoms with van der Waals surface area (Å²) in [6.45, 7) is 5.61. The monoisotopic (exact) mass is 285 g/mol. The molecule has 0 aliphatic rings. The van der Waals surface area contributed by atoms with Gasteiger partial charge in [0.2, 0.25) is 10.0 Å². The van der Waals surface area contributed by atoms with Gasteiger partial charge in [0.15, 0.2) is 0 Å². The number of esters is 1. The van der Waals surface area contributed by atoms with Crippen LogP contribution in [0.2, 0.25) is 0 Å². The molecule has 1 aromatic carbocycles. The van der Waals surface area contributed by atoms with Crippen LogP contribution in [0, 0.1) is 5.92 Å². The van der Waals surface area contributed by atoms with E-state index in [4.69, 9.17) is 9.88 Å². The van der Waals surface area contributed by atoms with Crippen LogP contribution in [0.5, 0.6) is 0 Å². The molecule has 0 heterocycles. The van der Waals surface area contributed by atoms with Crippen LogP contribution in [0.15, 0.2) is 29.2 Å². The first kappa shape index (κ1) is 15.7. The maximum Gasteiger partial charge on any atom is 0.306 e. The standard InChI is InChI=1S/C13H19NO4S/c1-9(2)8-13(15)18-10(3)11-4-6-12(7-5-11)19(14,16)17/h4-7,9-10H,8H2,1-3H3,(H2,14,16,17). The average Bonchev–Trinajstić information content (AvgIpc) is 2.26. The Morgan fingerprint density at radius 3 is 2.16 bits per heavy atom. The number of sulfonamides is 1. The number of benzene rings is 1. The summed E-state index contributed by atoms with van der Waals surface area (Å²) in [6.07, 6.45) is -0.0552. The zero-order valence-corrected chi connectivity index (χ0v) is 12.1. The van der Waals surface area contributed by atoms with Crippen LogP contribution in [0.25, 0.3) is 0 Å². The number of nitrogens with two attached hydrogens (primary N) is 1. The number of rotatable bonds is 5. The molecule has 0 saturated carbocycles. The van der Waals surface area contributed by atoms with Gasteiger partial charge in [0.25, 0.3) is 0 Å². The topological polar surface area (TPSA) is 86.5 Å². The summed E-state index contributed by atoms with van der Waals surface area (Å²) in [7, 11) is -3.69. The molecule has 1 atom stereocenters. The van der Waals surface area contributed by atoms with Crippen molar-refractivity contribution in [2.24, 2.45) is 11.1 Å². The van der Waals surface area contributed by atoms with Gasteiger partial charge in [-0.2, -0.15) is 0 Å². The van der Waals surface area contributed by atoms with Gasteiger partial charge in [-0.1, -0.05) is 26.0 Å². The average molecular weight is 285 g/mol. The van der Waals surface area contributed by atoms with Gasteiger partial charge in [-0.15, -0.1) is 0 Å². The van der Waals surface area contributed by atoms with E-state index >= 15 is 0 Å². The normalized spacial score (nSPS) is 13.3. The van der Waals surface area contributed by atoms with Gasteiger partial charge in [-0.25, -0.2) is 13.6 Å². The number of hydrogen-bond donors (Lipinski definition) is 1. The molecule has 0 radical (unpaired) electrons. The Labute approximate surface area is 113 Å². The van der Waals surface area contributed by atoms with Crippen molar-refractivity contribution < 1.29 is 17.9 Å². The molecule has 0 bridgehead atoms. The van der Waals surface area contributed by atoms with Crippen molar-refractivity contribution in [1.82, 2.24) is 0 Å². The van der Waals surface area contributed by atoms with Gasteiger partial charge in [-0.05, 0) is 30.5 Å². The fourth-order valence-corrected chi connectivity index (χ4v) is 2.09. The lowest BCUT2D eigenvalue weighted by Gasteiger charge is -2.14. The molecule has 0 aromatic heterocycles. The Balaban J connectivity index is 2.73. The summed E-state index contributed by atoms with van der Waals surface area (Å²) in [5, 5.41) is 5.01. The van der Waals surface area contributed by atoms with Crippen molar-refractivity contribution in [3.8, 4) is 0 Å². The molecule has 2 N–H and O–H groups in total. The van der Waals surface area contributed by atoms with Gasteiger partial charge < -0.3 is 4.74 Å². The van der Waals surface area contributed by atoms with Crippen LogP contribution >= 0.6 is 0 Å².